The molecular formula is C27H47ClO. The van der Waals surface area contributed by atoms with Crippen molar-refractivity contribution in [3.63, 3.8) is 0 Å². The molecule has 0 heterocycles. The Morgan fingerprint density at radius 3 is 1.45 bits per heavy atom. The number of alkyl halides is 1. The number of unbranched alkanes of at least 4 members (excludes halogenated alkanes) is 15. The highest BCUT2D eigenvalue weighted by molar-refractivity contribution is 6.24. The summed E-state index contributed by atoms with van der Waals surface area (Å²) in [5.41, 5.74) is 1.15. The molecule has 1 N–H and O–H groups in total. The van der Waals surface area contributed by atoms with Crippen LogP contribution in [0.4, 0.5) is 0 Å². The number of hydrogen-bond donors (Lipinski definition) is 1. The van der Waals surface area contributed by atoms with Gasteiger partial charge in [0, 0.05) is 6.61 Å². The monoisotopic (exact) mass is 422 g/mol. The molecule has 0 saturated carbocycles. The van der Waals surface area contributed by atoms with E-state index in [2.05, 4.69) is 19.1 Å². The predicted octanol–water partition coefficient (Wildman–Crippen LogP) is 9.15. The van der Waals surface area contributed by atoms with Gasteiger partial charge in [0.05, 0.1) is 4.87 Å². The zero-order valence-electron chi connectivity index (χ0n) is 19.1. The van der Waals surface area contributed by atoms with E-state index in [9.17, 15) is 5.11 Å². The second-order valence-corrected chi connectivity index (χ2v) is 9.58. The van der Waals surface area contributed by atoms with Crippen LogP contribution < -0.4 is 0 Å². The predicted molar refractivity (Wildman–Crippen MR) is 130 cm³/mol. The Morgan fingerprint density at radius 1 is 0.621 bits per heavy atom. The molecule has 1 aromatic rings. The van der Waals surface area contributed by atoms with Gasteiger partial charge in [-0.2, -0.15) is 0 Å². The maximum atomic E-state index is 9.41. The molecule has 0 aliphatic heterocycles. The first kappa shape index (κ1) is 26.5. The lowest BCUT2D eigenvalue weighted by Gasteiger charge is -2.27. The summed E-state index contributed by atoms with van der Waals surface area (Å²) in [4.78, 5) is -0.397. The summed E-state index contributed by atoms with van der Waals surface area (Å²) in [6.45, 7) is 2.44. The lowest BCUT2D eigenvalue weighted by molar-refractivity contribution is 0.260. The van der Waals surface area contributed by atoms with Crippen LogP contribution in [0.1, 0.15) is 128 Å². The largest absolute Gasteiger partial charge is 0.396 e. The van der Waals surface area contributed by atoms with Crippen LogP contribution in [0.3, 0.4) is 0 Å². The highest BCUT2D eigenvalue weighted by atomic mass is 35.5. The van der Waals surface area contributed by atoms with Gasteiger partial charge in [-0.05, 0) is 18.4 Å². The molecule has 29 heavy (non-hydrogen) atoms. The molecule has 0 aliphatic carbocycles. The highest BCUT2D eigenvalue weighted by Crippen LogP contribution is 2.37. The van der Waals surface area contributed by atoms with E-state index in [1.807, 2.05) is 18.2 Å². The quantitative estimate of drug-likeness (QED) is 0.164. The van der Waals surface area contributed by atoms with Crippen molar-refractivity contribution >= 4 is 11.6 Å². The van der Waals surface area contributed by atoms with Crippen LogP contribution in [0, 0.1) is 0 Å². The van der Waals surface area contributed by atoms with Crippen LogP contribution in [0.25, 0.3) is 0 Å². The zero-order valence-corrected chi connectivity index (χ0v) is 19.9. The summed E-state index contributed by atoms with van der Waals surface area (Å²) < 4.78 is 0. The molecule has 1 atom stereocenters. The van der Waals surface area contributed by atoms with Gasteiger partial charge in [0.25, 0.3) is 0 Å². The Kier molecular flexibility index (Phi) is 16.7. The lowest BCUT2D eigenvalue weighted by Crippen LogP contribution is -2.20. The van der Waals surface area contributed by atoms with Gasteiger partial charge in [-0.1, -0.05) is 140 Å². The van der Waals surface area contributed by atoms with Crippen molar-refractivity contribution in [3.05, 3.63) is 35.9 Å². The number of halogens is 1. The van der Waals surface area contributed by atoms with Gasteiger partial charge in [-0.15, -0.1) is 11.6 Å². The van der Waals surface area contributed by atoms with Crippen molar-refractivity contribution in [2.75, 3.05) is 6.61 Å². The summed E-state index contributed by atoms with van der Waals surface area (Å²) in [5.74, 6) is 0. The zero-order chi connectivity index (χ0) is 21.0. The van der Waals surface area contributed by atoms with E-state index in [-0.39, 0.29) is 6.61 Å². The van der Waals surface area contributed by atoms with Crippen molar-refractivity contribution in [2.45, 2.75) is 127 Å². The molecule has 0 spiro atoms. The normalized spacial score (nSPS) is 13.5. The third-order valence-electron chi connectivity index (χ3n) is 6.23. The van der Waals surface area contributed by atoms with E-state index in [4.69, 9.17) is 11.6 Å². The van der Waals surface area contributed by atoms with Crippen LogP contribution in [-0.2, 0) is 4.87 Å². The van der Waals surface area contributed by atoms with Gasteiger partial charge in [-0.25, -0.2) is 0 Å². The second-order valence-electron chi connectivity index (χ2n) is 8.86. The molecule has 0 saturated heterocycles. The molecule has 0 aromatic heterocycles. The van der Waals surface area contributed by atoms with E-state index < -0.39 is 4.87 Å². The van der Waals surface area contributed by atoms with Crippen molar-refractivity contribution in [3.8, 4) is 0 Å². The molecule has 0 amide bonds. The number of hydrogen-bond acceptors (Lipinski definition) is 1. The summed E-state index contributed by atoms with van der Waals surface area (Å²) in [6, 6.07) is 10.3. The van der Waals surface area contributed by atoms with E-state index in [1.54, 1.807) is 0 Å². The van der Waals surface area contributed by atoms with Crippen molar-refractivity contribution in [1.82, 2.24) is 0 Å². The Labute approximate surface area is 186 Å². The third-order valence-corrected chi connectivity index (χ3v) is 6.82. The Balaban J connectivity index is 1.94. The van der Waals surface area contributed by atoms with Crippen molar-refractivity contribution in [1.29, 1.82) is 0 Å². The molecular weight excluding hydrogens is 376 g/mol. The second kappa shape index (κ2) is 18.3. The Bertz CT molecular complexity index is 461. The Morgan fingerprint density at radius 2 is 1.03 bits per heavy atom. The molecule has 1 nitrogen and oxygen atoms in total. The molecule has 1 rings (SSSR count). The van der Waals surface area contributed by atoms with E-state index >= 15 is 0 Å². The van der Waals surface area contributed by atoms with Crippen LogP contribution in [0.15, 0.2) is 30.3 Å². The SMILES string of the molecule is CCCCCCCCCCCCCCCCCCC(Cl)(CCO)c1ccccc1. The fraction of sp³-hybridized carbons (Fsp3) is 0.778. The molecule has 0 bridgehead atoms. The van der Waals surface area contributed by atoms with Gasteiger partial charge in [-0.3, -0.25) is 0 Å². The summed E-state index contributed by atoms with van der Waals surface area (Å²) >= 11 is 6.87. The number of aliphatic hydroxyl groups excluding tert-OH is 1. The van der Waals surface area contributed by atoms with Crippen LogP contribution in [0.5, 0.6) is 0 Å². The molecule has 168 valence electrons. The fourth-order valence-electron chi connectivity index (χ4n) is 4.28. The maximum absolute atomic E-state index is 9.41. The third kappa shape index (κ3) is 13.4. The lowest BCUT2D eigenvalue weighted by atomic mass is 9.89. The minimum atomic E-state index is -0.397. The average Bonchev–Trinajstić information content (AvgIpc) is 2.74. The molecule has 1 aromatic carbocycles. The number of benzene rings is 1. The van der Waals surface area contributed by atoms with E-state index in [0.717, 1.165) is 18.4 Å². The molecule has 2 heteroatoms. The van der Waals surface area contributed by atoms with E-state index in [1.165, 1.54) is 96.3 Å². The molecule has 0 aliphatic rings. The standard InChI is InChI=1S/C27H47ClO/c1-2-3-4-5-6-7-8-9-10-11-12-13-14-15-16-20-23-27(28,24-25-29)26-21-18-17-19-22-26/h17-19,21-22,29H,2-16,20,23-25H2,1H3. The van der Waals surface area contributed by atoms with Gasteiger partial charge in [0.2, 0.25) is 0 Å². The molecule has 1 unspecified atom stereocenters. The first-order valence-corrected chi connectivity index (χ1v) is 13.0. The fourth-order valence-corrected chi connectivity index (χ4v) is 4.63. The average molecular weight is 423 g/mol. The van der Waals surface area contributed by atoms with Crippen LogP contribution in [0.2, 0.25) is 0 Å². The Hall–Kier alpha value is -0.530. The van der Waals surface area contributed by atoms with Gasteiger partial charge in [0.1, 0.15) is 0 Å². The smallest absolute Gasteiger partial charge is 0.0716 e. The van der Waals surface area contributed by atoms with E-state index in [0.29, 0.717) is 6.42 Å². The summed E-state index contributed by atoms with van der Waals surface area (Å²) in [6.07, 6.45) is 23.8. The molecule has 0 fully saturated rings. The number of aliphatic hydroxyl groups is 1. The van der Waals surface area contributed by atoms with Crippen LogP contribution >= 0.6 is 11.6 Å². The van der Waals surface area contributed by atoms with Crippen molar-refractivity contribution < 1.29 is 5.11 Å². The van der Waals surface area contributed by atoms with Gasteiger partial charge >= 0.3 is 0 Å². The van der Waals surface area contributed by atoms with Gasteiger partial charge < -0.3 is 5.11 Å². The first-order valence-electron chi connectivity index (χ1n) is 12.6. The number of rotatable bonds is 20. The summed E-state index contributed by atoms with van der Waals surface area (Å²) in [7, 11) is 0. The molecule has 0 radical (unpaired) electrons. The van der Waals surface area contributed by atoms with Gasteiger partial charge in [0.15, 0.2) is 0 Å². The minimum absolute atomic E-state index is 0.150. The summed E-state index contributed by atoms with van der Waals surface area (Å²) in [5, 5.41) is 9.41. The van der Waals surface area contributed by atoms with Crippen LogP contribution in [-0.4, -0.2) is 11.7 Å². The minimum Gasteiger partial charge on any atom is -0.396 e. The highest BCUT2D eigenvalue weighted by Gasteiger charge is 2.28. The topological polar surface area (TPSA) is 20.2 Å². The maximum Gasteiger partial charge on any atom is 0.0716 e. The van der Waals surface area contributed by atoms with Crippen molar-refractivity contribution in [2.24, 2.45) is 0 Å². The first-order chi connectivity index (χ1) is 14.2.